The molecule has 1 aromatic heterocycles. The van der Waals surface area contributed by atoms with Gasteiger partial charge in [0, 0.05) is 12.2 Å². The quantitative estimate of drug-likeness (QED) is 0.674. The highest BCUT2D eigenvalue weighted by atomic mass is 32.2. The fraction of sp³-hybridized carbons (Fsp3) is 0.267. The summed E-state index contributed by atoms with van der Waals surface area (Å²) in [6, 6.07) is 12.0. The highest BCUT2D eigenvalue weighted by Gasteiger charge is 2.12. The second kappa shape index (κ2) is 6.92. The minimum atomic E-state index is 0.270. The van der Waals surface area contributed by atoms with Crippen LogP contribution in [0.15, 0.2) is 35.5 Å². The monoisotopic (exact) mass is 284 g/mol. The fourth-order valence-corrected chi connectivity index (χ4v) is 2.52. The first-order valence-corrected chi connectivity index (χ1v) is 7.46. The third-order valence-electron chi connectivity index (χ3n) is 2.75. The van der Waals surface area contributed by atoms with Crippen LogP contribution in [-0.2, 0) is 6.42 Å². The van der Waals surface area contributed by atoms with Crippen LogP contribution in [0, 0.1) is 11.3 Å². The highest BCUT2D eigenvalue weighted by Crippen LogP contribution is 2.21. The Morgan fingerprint density at radius 3 is 2.65 bits per heavy atom. The maximum Gasteiger partial charge on any atom is 0.189 e. The predicted molar refractivity (Wildman–Crippen MR) is 81.4 cm³/mol. The fourth-order valence-electron chi connectivity index (χ4n) is 1.80. The van der Waals surface area contributed by atoms with E-state index in [-0.39, 0.29) is 5.82 Å². The average molecular weight is 284 g/mol. The number of aromatic nitrogens is 2. The van der Waals surface area contributed by atoms with Crippen LogP contribution in [0.1, 0.15) is 30.2 Å². The zero-order chi connectivity index (χ0) is 14.4. The Morgan fingerprint density at radius 2 is 2.00 bits per heavy atom. The summed E-state index contributed by atoms with van der Waals surface area (Å²) in [7, 11) is 0. The summed E-state index contributed by atoms with van der Waals surface area (Å²) >= 11 is 1.57. The zero-order valence-electron chi connectivity index (χ0n) is 11.3. The van der Waals surface area contributed by atoms with Gasteiger partial charge in [-0.2, -0.15) is 5.26 Å². The Bertz CT molecular complexity index is 620. The summed E-state index contributed by atoms with van der Waals surface area (Å²) in [6.07, 6.45) is 1.64. The topological polar surface area (TPSA) is 75.6 Å². The molecule has 1 heterocycles. The van der Waals surface area contributed by atoms with E-state index in [1.165, 1.54) is 0 Å². The van der Waals surface area contributed by atoms with E-state index in [2.05, 4.69) is 23.0 Å². The predicted octanol–water partition coefficient (Wildman–Crippen LogP) is 3.02. The van der Waals surface area contributed by atoms with E-state index in [1.54, 1.807) is 11.8 Å². The maximum atomic E-state index is 9.23. The van der Waals surface area contributed by atoms with E-state index in [0.717, 1.165) is 17.7 Å². The van der Waals surface area contributed by atoms with Crippen molar-refractivity contribution in [2.45, 2.75) is 24.9 Å². The van der Waals surface area contributed by atoms with E-state index in [4.69, 9.17) is 5.73 Å². The van der Waals surface area contributed by atoms with Crippen LogP contribution in [-0.4, -0.2) is 15.7 Å². The van der Waals surface area contributed by atoms with Gasteiger partial charge in [0.25, 0.3) is 0 Å². The van der Waals surface area contributed by atoms with Crippen molar-refractivity contribution in [3.8, 4) is 6.07 Å². The van der Waals surface area contributed by atoms with Gasteiger partial charge in [0.2, 0.25) is 0 Å². The number of nitrogens with zero attached hydrogens (tertiary/aromatic N) is 3. The third-order valence-corrected chi connectivity index (χ3v) is 3.81. The van der Waals surface area contributed by atoms with Crippen molar-refractivity contribution < 1.29 is 0 Å². The molecule has 2 rings (SSSR count). The lowest BCUT2D eigenvalue weighted by atomic mass is 10.1. The molecule has 0 fully saturated rings. The van der Waals surface area contributed by atoms with Gasteiger partial charge in [-0.3, -0.25) is 0 Å². The van der Waals surface area contributed by atoms with Crippen LogP contribution in [0.5, 0.6) is 0 Å². The summed E-state index contributed by atoms with van der Waals surface area (Å²) in [5.41, 5.74) is 8.06. The van der Waals surface area contributed by atoms with Crippen LogP contribution in [0.3, 0.4) is 0 Å². The van der Waals surface area contributed by atoms with E-state index in [1.807, 2.05) is 30.3 Å². The highest BCUT2D eigenvalue weighted by molar-refractivity contribution is 7.99. The lowest BCUT2D eigenvalue weighted by molar-refractivity contribution is 0.900. The molecule has 0 aliphatic carbocycles. The second-order valence-electron chi connectivity index (χ2n) is 4.34. The smallest absolute Gasteiger partial charge is 0.189 e. The molecule has 0 amide bonds. The number of rotatable bonds is 5. The van der Waals surface area contributed by atoms with E-state index in [0.29, 0.717) is 22.8 Å². The summed E-state index contributed by atoms with van der Waals surface area (Å²) in [5, 5.41) is 9.87. The molecule has 0 saturated heterocycles. The molecule has 5 heteroatoms. The van der Waals surface area contributed by atoms with Crippen molar-refractivity contribution in [1.82, 2.24) is 9.97 Å². The minimum Gasteiger partial charge on any atom is -0.382 e. The SMILES string of the molecule is CCCSc1nc(N)c(C#N)c(Cc2ccccc2)n1. The number of nitrogens with two attached hydrogens (primary N) is 1. The van der Waals surface area contributed by atoms with Gasteiger partial charge in [-0.05, 0) is 12.0 Å². The van der Waals surface area contributed by atoms with E-state index >= 15 is 0 Å². The molecule has 0 aliphatic heterocycles. The minimum absolute atomic E-state index is 0.270. The van der Waals surface area contributed by atoms with Crippen molar-refractivity contribution in [2.24, 2.45) is 0 Å². The van der Waals surface area contributed by atoms with Crippen LogP contribution < -0.4 is 5.73 Å². The number of nitrogen functional groups attached to an aromatic ring is 1. The molecule has 0 unspecified atom stereocenters. The van der Waals surface area contributed by atoms with Gasteiger partial charge in [0.1, 0.15) is 17.5 Å². The van der Waals surface area contributed by atoms with Crippen LogP contribution >= 0.6 is 11.8 Å². The van der Waals surface area contributed by atoms with Crippen molar-refractivity contribution >= 4 is 17.6 Å². The summed E-state index contributed by atoms with van der Waals surface area (Å²) in [5.74, 6) is 1.21. The van der Waals surface area contributed by atoms with Gasteiger partial charge in [0.05, 0.1) is 5.69 Å². The van der Waals surface area contributed by atoms with Gasteiger partial charge < -0.3 is 5.73 Å². The van der Waals surface area contributed by atoms with E-state index in [9.17, 15) is 5.26 Å². The zero-order valence-corrected chi connectivity index (χ0v) is 12.2. The molecular formula is C15H16N4S. The molecule has 0 saturated carbocycles. The van der Waals surface area contributed by atoms with Crippen molar-refractivity contribution in [3.63, 3.8) is 0 Å². The lowest BCUT2D eigenvalue weighted by Crippen LogP contribution is -2.06. The largest absolute Gasteiger partial charge is 0.382 e. The molecule has 102 valence electrons. The van der Waals surface area contributed by atoms with Gasteiger partial charge in [0.15, 0.2) is 5.16 Å². The average Bonchev–Trinajstić information content (AvgIpc) is 2.46. The first-order chi connectivity index (χ1) is 9.74. The number of anilines is 1. The molecule has 2 aromatic rings. The second-order valence-corrected chi connectivity index (χ2v) is 5.40. The molecule has 20 heavy (non-hydrogen) atoms. The molecular weight excluding hydrogens is 268 g/mol. The van der Waals surface area contributed by atoms with Gasteiger partial charge in [-0.1, -0.05) is 49.0 Å². The number of hydrogen-bond acceptors (Lipinski definition) is 5. The van der Waals surface area contributed by atoms with Crippen LogP contribution in [0.25, 0.3) is 0 Å². The Kier molecular flexibility index (Phi) is 4.97. The number of hydrogen-bond donors (Lipinski definition) is 1. The standard InChI is InChI=1S/C15H16N4S/c1-2-8-20-15-18-13(12(10-16)14(17)19-15)9-11-6-4-3-5-7-11/h3-7H,2,8-9H2,1H3,(H2,17,18,19). The number of thioether (sulfide) groups is 1. The molecule has 0 bridgehead atoms. The maximum absolute atomic E-state index is 9.23. The van der Waals surface area contributed by atoms with Crippen molar-refractivity contribution in [1.29, 1.82) is 5.26 Å². The van der Waals surface area contributed by atoms with E-state index < -0.39 is 0 Å². The van der Waals surface area contributed by atoms with Crippen molar-refractivity contribution in [3.05, 3.63) is 47.2 Å². The molecule has 2 N–H and O–H groups in total. The normalized spacial score (nSPS) is 10.2. The summed E-state index contributed by atoms with van der Waals surface area (Å²) in [4.78, 5) is 8.68. The van der Waals surface area contributed by atoms with Gasteiger partial charge in [-0.15, -0.1) is 0 Å². The molecule has 1 aromatic carbocycles. The summed E-state index contributed by atoms with van der Waals surface area (Å²) < 4.78 is 0. The Morgan fingerprint density at radius 1 is 1.25 bits per heavy atom. The van der Waals surface area contributed by atoms with Gasteiger partial charge in [-0.25, -0.2) is 9.97 Å². The van der Waals surface area contributed by atoms with Crippen LogP contribution in [0.4, 0.5) is 5.82 Å². The lowest BCUT2D eigenvalue weighted by Gasteiger charge is -2.08. The Hall–Kier alpha value is -2.06. The van der Waals surface area contributed by atoms with Crippen LogP contribution in [0.2, 0.25) is 0 Å². The summed E-state index contributed by atoms with van der Waals surface area (Å²) in [6.45, 7) is 2.10. The molecule has 0 aliphatic rings. The first kappa shape index (κ1) is 14.4. The molecule has 4 nitrogen and oxygen atoms in total. The number of nitriles is 1. The molecule has 0 spiro atoms. The molecule has 0 radical (unpaired) electrons. The number of benzene rings is 1. The third kappa shape index (κ3) is 3.49. The first-order valence-electron chi connectivity index (χ1n) is 6.47. The Labute approximate surface area is 123 Å². The Balaban J connectivity index is 2.34. The molecule has 0 atom stereocenters. The van der Waals surface area contributed by atoms with Gasteiger partial charge >= 0.3 is 0 Å². The van der Waals surface area contributed by atoms with Crippen molar-refractivity contribution in [2.75, 3.05) is 11.5 Å².